The van der Waals surface area contributed by atoms with E-state index in [9.17, 15) is 14.4 Å². The van der Waals surface area contributed by atoms with Crippen molar-refractivity contribution in [2.75, 3.05) is 33.4 Å². The number of likely N-dealkylation sites (N-methyl/N-ethyl adjacent to an activating group) is 1. The number of urea groups is 1. The van der Waals surface area contributed by atoms with Crippen molar-refractivity contribution in [3.63, 3.8) is 0 Å². The summed E-state index contributed by atoms with van der Waals surface area (Å²) in [7, 11) is 1.58. The van der Waals surface area contributed by atoms with Gasteiger partial charge in [0.25, 0.3) is 0 Å². The van der Waals surface area contributed by atoms with Crippen LogP contribution in [-0.2, 0) is 31.9 Å². The number of amides is 4. The largest absolute Gasteiger partial charge is 0.488 e. The van der Waals surface area contributed by atoms with Crippen LogP contribution in [0.25, 0.3) is 10.1 Å². The fraction of sp³-hybridized carbons (Fsp3) is 0.514. The Hall–Kier alpha value is -3.71. The average Bonchev–Trinajstić information content (AvgIpc) is 3.39. The Balaban J connectivity index is 1.84. The maximum atomic E-state index is 14.0. The van der Waals surface area contributed by atoms with Gasteiger partial charge in [0, 0.05) is 44.3 Å². The lowest BCUT2D eigenvalue weighted by Gasteiger charge is -2.39. The minimum absolute atomic E-state index is 0.165. The number of fused-ring (bicyclic) bond motifs is 1. The molecular formula is C35H51N5O6S. The Labute approximate surface area is 282 Å². The zero-order valence-corrected chi connectivity index (χ0v) is 29.7. The SMILES string of the molecule is CCNC(=O)NN(C)CC(=O)N[C@@H](Cc1ccc(OC(C)(C)C)cc1)C(=O)N[C@@H](C)C(Cc1csc2ccccc12)(OCC)OCC. The second-order valence-corrected chi connectivity index (χ2v) is 13.3. The van der Waals surface area contributed by atoms with Gasteiger partial charge >= 0.3 is 6.03 Å². The normalized spacial score (nSPS) is 13.2. The molecule has 1 heterocycles. The van der Waals surface area contributed by atoms with Crippen LogP contribution in [0.5, 0.6) is 5.75 Å². The quantitative estimate of drug-likeness (QED) is 0.120. The third kappa shape index (κ3) is 11.5. The summed E-state index contributed by atoms with van der Waals surface area (Å²) in [5.74, 6) is -1.27. The fourth-order valence-corrected chi connectivity index (χ4v) is 6.22. The summed E-state index contributed by atoms with van der Waals surface area (Å²) < 4.78 is 19.7. The molecule has 0 spiro atoms. The first-order chi connectivity index (χ1) is 22.3. The van der Waals surface area contributed by atoms with Crippen LogP contribution in [0, 0.1) is 0 Å². The highest BCUT2D eigenvalue weighted by atomic mass is 32.1. The van der Waals surface area contributed by atoms with Crippen molar-refractivity contribution in [1.82, 2.24) is 26.4 Å². The minimum atomic E-state index is -1.15. The Morgan fingerprint density at radius 2 is 1.60 bits per heavy atom. The number of rotatable bonds is 17. The molecule has 0 saturated heterocycles. The van der Waals surface area contributed by atoms with E-state index in [-0.39, 0.29) is 24.5 Å². The topological polar surface area (TPSA) is 130 Å². The van der Waals surface area contributed by atoms with Crippen LogP contribution >= 0.6 is 11.3 Å². The lowest BCUT2D eigenvalue weighted by molar-refractivity contribution is -0.246. The molecule has 0 aliphatic rings. The molecule has 0 aliphatic carbocycles. The molecule has 258 valence electrons. The number of thiophene rings is 1. The molecule has 0 radical (unpaired) electrons. The summed E-state index contributed by atoms with van der Waals surface area (Å²) >= 11 is 1.66. The maximum Gasteiger partial charge on any atom is 0.329 e. The molecule has 0 saturated carbocycles. The van der Waals surface area contributed by atoms with Gasteiger partial charge in [0.05, 0.1) is 12.6 Å². The first-order valence-electron chi connectivity index (χ1n) is 16.1. The summed E-state index contributed by atoms with van der Waals surface area (Å²) in [6.07, 6.45) is 0.641. The van der Waals surface area contributed by atoms with E-state index in [0.29, 0.717) is 31.9 Å². The summed E-state index contributed by atoms with van der Waals surface area (Å²) in [5.41, 5.74) is 4.12. The smallest absolute Gasteiger partial charge is 0.329 e. The molecule has 4 N–H and O–H groups in total. The van der Waals surface area contributed by atoms with Gasteiger partial charge in [-0.25, -0.2) is 9.80 Å². The standard InChI is InChI=1S/C35H51N5O6S/c1-9-36-33(43)39-40(8)22-31(41)38-29(20-25-16-18-27(19-17-25)46-34(5,6)7)32(42)37-24(4)35(44-10-2,45-11-3)21-26-23-47-30-15-13-12-14-28(26)30/h12-19,23-24,29H,9-11,20-22H2,1-8H3,(H,37,42)(H,38,41)(H2,36,39,43)/t24-,29-/m0/s1. The number of hydrazine groups is 1. The number of nitrogens with one attached hydrogen (secondary N) is 4. The van der Waals surface area contributed by atoms with Crippen molar-refractivity contribution >= 4 is 39.3 Å². The first-order valence-corrected chi connectivity index (χ1v) is 17.0. The first kappa shape index (κ1) is 37.7. The predicted molar refractivity (Wildman–Crippen MR) is 186 cm³/mol. The maximum absolute atomic E-state index is 14.0. The van der Waals surface area contributed by atoms with E-state index in [4.69, 9.17) is 14.2 Å². The van der Waals surface area contributed by atoms with Gasteiger partial charge in [-0.05, 0) is 88.6 Å². The highest BCUT2D eigenvalue weighted by molar-refractivity contribution is 7.17. The van der Waals surface area contributed by atoms with Gasteiger partial charge in [0.1, 0.15) is 17.4 Å². The number of carbonyl (C=O) groups is 3. The number of hydrogen-bond donors (Lipinski definition) is 4. The Morgan fingerprint density at radius 3 is 2.21 bits per heavy atom. The molecule has 47 heavy (non-hydrogen) atoms. The van der Waals surface area contributed by atoms with Crippen molar-refractivity contribution in [1.29, 1.82) is 0 Å². The molecule has 3 rings (SSSR count). The summed E-state index contributed by atoms with van der Waals surface area (Å²) in [6.45, 7) is 14.4. The van der Waals surface area contributed by atoms with Gasteiger partial charge in [0.15, 0.2) is 5.79 Å². The van der Waals surface area contributed by atoms with Gasteiger partial charge in [-0.1, -0.05) is 30.3 Å². The van der Waals surface area contributed by atoms with E-state index in [1.54, 1.807) is 25.3 Å². The highest BCUT2D eigenvalue weighted by Crippen LogP contribution is 2.32. The van der Waals surface area contributed by atoms with Gasteiger partial charge in [0.2, 0.25) is 11.8 Å². The zero-order valence-electron chi connectivity index (χ0n) is 28.9. The van der Waals surface area contributed by atoms with Crippen LogP contribution in [0.4, 0.5) is 4.79 Å². The summed E-state index contributed by atoms with van der Waals surface area (Å²) in [6, 6.07) is 13.7. The van der Waals surface area contributed by atoms with Crippen LogP contribution in [0.3, 0.4) is 0 Å². The molecule has 11 nitrogen and oxygen atoms in total. The van der Waals surface area contributed by atoms with E-state index in [2.05, 4.69) is 38.9 Å². The molecule has 3 aromatic rings. The van der Waals surface area contributed by atoms with Crippen molar-refractivity contribution in [2.24, 2.45) is 0 Å². The lowest BCUT2D eigenvalue weighted by Crippen LogP contribution is -2.60. The number of benzene rings is 2. The number of hydrogen-bond acceptors (Lipinski definition) is 8. The average molecular weight is 670 g/mol. The van der Waals surface area contributed by atoms with E-state index < -0.39 is 29.8 Å². The van der Waals surface area contributed by atoms with E-state index in [1.165, 1.54) is 5.01 Å². The summed E-state index contributed by atoms with van der Waals surface area (Å²) in [5, 5.41) is 13.2. The second-order valence-electron chi connectivity index (χ2n) is 12.4. The Bertz CT molecular complexity index is 1450. The summed E-state index contributed by atoms with van der Waals surface area (Å²) in [4.78, 5) is 39.1. The Morgan fingerprint density at radius 1 is 0.936 bits per heavy atom. The molecule has 2 atom stereocenters. The van der Waals surface area contributed by atoms with E-state index >= 15 is 0 Å². The third-order valence-electron chi connectivity index (χ3n) is 7.24. The van der Waals surface area contributed by atoms with E-state index in [1.807, 2.05) is 77.9 Å². The number of ether oxygens (including phenoxy) is 3. The Kier molecular flexibility index (Phi) is 14.0. The van der Waals surface area contributed by atoms with Crippen molar-refractivity contribution in [3.05, 3.63) is 65.0 Å². The minimum Gasteiger partial charge on any atom is -0.488 e. The molecule has 12 heteroatoms. The molecule has 0 bridgehead atoms. The van der Waals surface area contributed by atoms with Crippen LogP contribution in [0.2, 0.25) is 0 Å². The predicted octanol–water partition coefficient (Wildman–Crippen LogP) is 4.79. The molecular weight excluding hydrogens is 618 g/mol. The fourth-order valence-electron chi connectivity index (χ4n) is 5.25. The molecule has 0 unspecified atom stereocenters. The second kappa shape index (κ2) is 17.4. The van der Waals surface area contributed by atoms with Crippen LogP contribution < -0.4 is 26.1 Å². The molecule has 4 amide bonds. The van der Waals surface area contributed by atoms with Crippen molar-refractivity contribution < 1.29 is 28.6 Å². The number of carbonyl (C=O) groups excluding carboxylic acids is 3. The van der Waals surface area contributed by atoms with E-state index in [0.717, 1.165) is 21.2 Å². The molecule has 0 aliphatic heterocycles. The molecule has 0 fully saturated rings. The lowest BCUT2D eigenvalue weighted by atomic mass is 9.97. The third-order valence-corrected chi connectivity index (χ3v) is 8.26. The van der Waals surface area contributed by atoms with Gasteiger partial charge in [-0.15, -0.1) is 11.3 Å². The van der Waals surface area contributed by atoms with Crippen molar-refractivity contribution in [2.45, 2.75) is 84.8 Å². The van der Waals surface area contributed by atoms with Crippen molar-refractivity contribution in [3.8, 4) is 5.75 Å². The number of nitrogens with zero attached hydrogens (tertiary/aromatic N) is 1. The highest BCUT2D eigenvalue weighted by Gasteiger charge is 2.41. The van der Waals surface area contributed by atoms with Gasteiger partial charge in [-0.2, -0.15) is 0 Å². The van der Waals surface area contributed by atoms with Crippen LogP contribution in [0.15, 0.2) is 53.9 Å². The van der Waals surface area contributed by atoms with Crippen LogP contribution in [-0.4, -0.2) is 79.7 Å². The molecule has 1 aromatic heterocycles. The monoisotopic (exact) mass is 669 g/mol. The molecule has 2 aromatic carbocycles. The van der Waals surface area contributed by atoms with Gasteiger partial charge in [-0.3, -0.25) is 15.0 Å². The van der Waals surface area contributed by atoms with Crippen LogP contribution in [0.1, 0.15) is 59.6 Å². The van der Waals surface area contributed by atoms with Gasteiger partial charge < -0.3 is 30.2 Å². The zero-order chi connectivity index (χ0) is 34.6.